The van der Waals surface area contributed by atoms with E-state index in [0.717, 1.165) is 18.5 Å². The molecule has 1 aliphatic carbocycles. The lowest BCUT2D eigenvalue weighted by molar-refractivity contribution is -0.0536. The number of aliphatic hydroxyl groups is 3. The van der Waals surface area contributed by atoms with Gasteiger partial charge in [-0.25, -0.2) is 4.98 Å². The highest BCUT2D eigenvalue weighted by atomic mass is 16.6. The van der Waals surface area contributed by atoms with Crippen LogP contribution < -0.4 is 5.32 Å². The fourth-order valence-electron chi connectivity index (χ4n) is 3.68. The van der Waals surface area contributed by atoms with E-state index in [-0.39, 0.29) is 12.6 Å². The Labute approximate surface area is 167 Å². The van der Waals surface area contributed by atoms with Crippen molar-refractivity contribution in [2.24, 2.45) is 4.99 Å². The standard InChI is InChI=1S/C18H28N4O4.C2H6/c1-3-19-17(21-12-7-5-4-6-8-12)14-11(2)22(10-20-14)18-16(25)15(24)13(9-23)26-18;1-2/h3,10,12-13,15-16,18,23-25H,1,4-9H2,2H3,(H,19,21);1-2H3. The van der Waals surface area contributed by atoms with Gasteiger partial charge in [-0.05, 0) is 26.0 Å². The molecule has 0 aromatic carbocycles. The highest BCUT2D eigenvalue weighted by Crippen LogP contribution is 2.31. The van der Waals surface area contributed by atoms with Crippen molar-refractivity contribution in [3.05, 3.63) is 30.5 Å². The number of aliphatic imine (C=N–C) groups is 1. The predicted octanol–water partition coefficient (Wildman–Crippen LogP) is 1.64. The highest BCUT2D eigenvalue weighted by molar-refractivity contribution is 5.98. The number of ether oxygens (including phenoxy) is 1. The van der Waals surface area contributed by atoms with Gasteiger partial charge in [0.05, 0.1) is 19.0 Å². The summed E-state index contributed by atoms with van der Waals surface area (Å²) < 4.78 is 7.26. The molecule has 1 saturated carbocycles. The van der Waals surface area contributed by atoms with Crippen LogP contribution in [0.4, 0.5) is 0 Å². The van der Waals surface area contributed by atoms with Crippen molar-refractivity contribution in [2.45, 2.75) is 83.5 Å². The number of aromatic nitrogens is 2. The average molecular weight is 395 g/mol. The first-order chi connectivity index (χ1) is 13.6. The van der Waals surface area contributed by atoms with E-state index in [2.05, 4.69) is 16.9 Å². The number of rotatable bonds is 5. The van der Waals surface area contributed by atoms with Crippen LogP contribution in [-0.2, 0) is 4.74 Å². The van der Waals surface area contributed by atoms with Crippen molar-refractivity contribution in [1.82, 2.24) is 14.9 Å². The Hall–Kier alpha value is -1.74. The third kappa shape index (κ3) is 4.81. The second-order valence-electron chi connectivity index (χ2n) is 6.93. The molecule has 0 spiro atoms. The molecule has 28 heavy (non-hydrogen) atoms. The Morgan fingerprint density at radius 3 is 2.57 bits per heavy atom. The molecule has 1 aliphatic heterocycles. The summed E-state index contributed by atoms with van der Waals surface area (Å²) in [6.07, 6.45) is 5.00. The van der Waals surface area contributed by atoms with Crippen LogP contribution in [0.25, 0.3) is 0 Å². The molecule has 1 aromatic heterocycles. The SMILES string of the molecule is C=CNC(=NC1CCCCC1)c1ncn(C2OC(CO)C(O)C2O)c1C.CC. The summed E-state index contributed by atoms with van der Waals surface area (Å²) in [7, 11) is 0. The monoisotopic (exact) mass is 394 g/mol. The third-order valence-corrected chi connectivity index (χ3v) is 5.18. The Morgan fingerprint density at radius 2 is 2.00 bits per heavy atom. The number of nitrogens with zero attached hydrogens (tertiary/aromatic N) is 3. The normalized spacial score (nSPS) is 28.6. The fourth-order valence-corrected chi connectivity index (χ4v) is 3.68. The lowest BCUT2D eigenvalue weighted by Crippen LogP contribution is -2.33. The van der Waals surface area contributed by atoms with Gasteiger partial charge in [0.25, 0.3) is 0 Å². The van der Waals surface area contributed by atoms with Gasteiger partial charge in [0.1, 0.15) is 24.0 Å². The number of amidine groups is 1. The summed E-state index contributed by atoms with van der Waals surface area (Å²) in [5, 5.41) is 32.6. The lowest BCUT2D eigenvalue weighted by atomic mass is 9.96. The first-order valence-corrected chi connectivity index (χ1v) is 10.2. The van der Waals surface area contributed by atoms with E-state index in [9.17, 15) is 15.3 Å². The van der Waals surface area contributed by atoms with Gasteiger partial charge in [-0.3, -0.25) is 4.99 Å². The molecule has 158 valence electrons. The summed E-state index contributed by atoms with van der Waals surface area (Å²) in [6, 6.07) is 0.268. The molecule has 8 nitrogen and oxygen atoms in total. The van der Waals surface area contributed by atoms with Gasteiger partial charge in [0.15, 0.2) is 12.1 Å². The van der Waals surface area contributed by atoms with Crippen molar-refractivity contribution in [3.8, 4) is 0 Å². The molecule has 4 N–H and O–H groups in total. The van der Waals surface area contributed by atoms with E-state index in [1.807, 2.05) is 20.8 Å². The fraction of sp³-hybridized carbons (Fsp3) is 0.700. The Kier molecular flexibility index (Phi) is 8.62. The maximum absolute atomic E-state index is 10.3. The van der Waals surface area contributed by atoms with Crippen molar-refractivity contribution in [2.75, 3.05) is 6.61 Å². The van der Waals surface area contributed by atoms with Crippen LogP contribution in [0, 0.1) is 6.92 Å². The molecular formula is C20H34N4O4. The van der Waals surface area contributed by atoms with Crippen LogP contribution in [0.2, 0.25) is 0 Å². The second-order valence-corrected chi connectivity index (χ2v) is 6.93. The Morgan fingerprint density at radius 1 is 1.32 bits per heavy atom. The van der Waals surface area contributed by atoms with Gasteiger partial charge in [-0.1, -0.05) is 39.7 Å². The van der Waals surface area contributed by atoms with Gasteiger partial charge in [-0.2, -0.15) is 0 Å². The molecule has 4 atom stereocenters. The van der Waals surface area contributed by atoms with Crippen LogP contribution in [0.1, 0.15) is 63.6 Å². The topological polar surface area (TPSA) is 112 Å². The molecule has 3 rings (SSSR count). The van der Waals surface area contributed by atoms with Crippen LogP contribution >= 0.6 is 0 Å². The molecule has 2 heterocycles. The largest absolute Gasteiger partial charge is 0.394 e. The first kappa shape index (κ1) is 22.5. The molecule has 1 saturated heterocycles. The molecule has 0 radical (unpaired) electrons. The van der Waals surface area contributed by atoms with Gasteiger partial charge < -0.3 is 29.9 Å². The van der Waals surface area contributed by atoms with Crippen molar-refractivity contribution < 1.29 is 20.1 Å². The molecule has 0 amide bonds. The van der Waals surface area contributed by atoms with Crippen molar-refractivity contribution in [1.29, 1.82) is 0 Å². The minimum Gasteiger partial charge on any atom is -0.394 e. The molecule has 4 unspecified atom stereocenters. The van der Waals surface area contributed by atoms with E-state index in [1.165, 1.54) is 19.3 Å². The molecule has 2 fully saturated rings. The summed E-state index contributed by atoms with van der Waals surface area (Å²) in [4.78, 5) is 9.27. The number of hydrogen-bond acceptors (Lipinski definition) is 6. The number of nitrogens with one attached hydrogen (secondary N) is 1. The van der Waals surface area contributed by atoms with E-state index in [1.54, 1.807) is 17.1 Å². The minimum atomic E-state index is -1.14. The van der Waals surface area contributed by atoms with E-state index in [4.69, 9.17) is 9.73 Å². The van der Waals surface area contributed by atoms with Crippen LogP contribution in [0.15, 0.2) is 24.1 Å². The van der Waals surface area contributed by atoms with E-state index in [0.29, 0.717) is 11.5 Å². The number of imidazole rings is 1. The van der Waals surface area contributed by atoms with Gasteiger partial charge >= 0.3 is 0 Å². The average Bonchev–Trinajstić information content (AvgIpc) is 3.23. The van der Waals surface area contributed by atoms with Gasteiger partial charge in [0.2, 0.25) is 0 Å². The summed E-state index contributed by atoms with van der Waals surface area (Å²) in [5.41, 5.74) is 1.41. The number of aliphatic hydroxyl groups excluding tert-OH is 3. The van der Waals surface area contributed by atoms with E-state index < -0.39 is 24.5 Å². The Balaban J connectivity index is 0.00000136. The minimum absolute atomic E-state index is 0.268. The highest BCUT2D eigenvalue weighted by Gasteiger charge is 2.44. The summed E-state index contributed by atoms with van der Waals surface area (Å²) >= 11 is 0. The Bertz CT molecular complexity index is 655. The third-order valence-electron chi connectivity index (χ3n) is 5.18. The van der Waals surface area contributed by atoms with Crippen molar-refractivity contribution >= 4 is 5.84 Å². The zero-order valence-corrected chi connectivity index (χ0v) is 17.1. The van der Waals surface area contributed by atoms with Gasteiger partial charge in [-0.15, -0.1) is 0 Å². The zero-order valence-electron chi connectivity index (χ0n) is 17.1. The van der Waals surface area contributed by atoms with Gasteiger partial charge in [0, 0.05) is 5.69 Å². The van der Waals surface area contributed by atoms with Crippen molar-refractivity contribution in [3.63, 3.8) is 0 Å². The molecular weight excluding hydrogens is 360 g/mol. The number of hydrogen-bond donors (Lipinski definition) is 4. The summed E-state index contributed by atoms with van der Waals surface area (Å²) in [6.45, 7) is 9.22. The maximum atomic E-state index is 10.3. The molecule has 0 bridgehead atoms. The molecule has 8 heteroatoms. The lowest BCUT2D eigenvalue weighted by Gasteiger charge is -2.20. The quantitative estimate of drug-likeness (QED) is 0.446. The summed E-state index contributed by atoms with van der Waals surface area (Å²) in [5.74, 6) is 0.648. The smallest absolute Gasteiger partial charge is 0.164 e. The van der Waals surface area contributed by atoms with Crippen LogP contribution in [0.5, 0.6) is 0 Å². The molecule has 1 aromatic rings. The predicted molar refractivity (Wildman–Crippen MR) is 108 cm³/mol. The van der Waals surface area contributed by atoms with E-state index >= 15 is 0 Å². The first-order valence-electron chi connectivity index (χ1n) is 10.2. The van der Waals surface area contributed by atoms with Crippen LogP contribution in [-0.4, -0.2) is 61.7 Å². The molecule has 2 aliphatic rings. The zero-order chi connectivity index (χ0) is 20.7. The second kappa shape index (κ2) is 10.7. The maximum Gasteiger partial charge on any atom is 0.164 e. The van der Waals surface area contributed by atoms with Crippen LogP contribution in [0.3, 0.4) is 0 Å².